The zero-order chi connectivity index (χ0) is 17.8. The van der Waals surface area contributed by atoms with E-state index in [0.717, 1.165) is 0 Å². The van der Waals surface area contributed by atoms with Crippen molar-refractivity contribution in [3.05, 3.63) is 60.4 Å². The van der Waals surface area contributed by atoms with Gasteiger partial charge in [-0.25, -0.2) is 4.39 Å². The molecule has 0 fully saturated rings. The monoisotopic (exact) mass is 341 g/mol. The Hall–Kier alpha value is -3.42. The number of carbonyl (C=O) groups is 2. The van der Waals surface area contributed by atoms with Gasteiger partial charge in [0.05, 0.1) is 11.4 Å². The van der Waals surface area contributed by atoms with Crippen molar-refractivity contribution in [2.45, 2.75) is 12.5 Å². The number of nitrogens with two attached hydrogens (primary N) is 1. The van der Waals surface area contributed by atoms with Crippen LogP contribution in [0.2, 0.25) is 0 Å². The van der Waals surface area contributed by atoms with E-state index in [2.05, 4.69) is 16.0 Å². The first-order chi connectivity index (χ1) is 12.0. The van der Waals surface area contributed by atoms with Gasteiger partial charge >= 0.3 is 0 Å². The minimum Gasteiger partial charge on any atom is -0.368 e. The number of amides is 2. The number of benzene rings is 2. The summed E-state index contributed by atoms with van der Waals surface area (Å²) in [6, 6.07) is 13.8. The summed E-state index contributed by atoms with van der Waals surface area (Å²) in [7, 11) is 0. The molecule has 0 saturated heterocycles. The molecule has 2 aromatic carbocycles. The fourth-order valence-corrected chi connectivity index (χ4v) is 2.42. The summed E-state index contributed by atoms with van der Waals surface area (Å²) in [5.74, 6) is -1.43. The molecule has 7 nitrogen and oxygen atoms in total. The molecule has 1 atom stereocenters. The van der Waals surface area contributed by atoms with Gasteiger partial charge in [-0.1, -0.05) is 18.2 Å². The zero-order valence-corrected chi connectivity index (χ0v) is 13.1. The second kappa shape index (κ2) is 7.00. The fourth-order valence-electron chi connectivity index (χ4n) is 2.42. The Labute approximate surface area is 143 Å². The van der Waals surface area contributed by atoms with Crippen LogP contribution in [0.3, 0.4) is 0 Å². The highest BCUT2D eigenvalue weighted by Gasteiger charge is 2.34. The number of primary amides is 1. The molecule has 2 amide bonds. The second-order valence-electron chi connectivity index (χ2n) is 5.44. The lowest BCUT2D eigenvalue weighted by atomic mass is 10.1. The standard InChI is InChI=1S/C17H16FN5O2/c18-11-6-8-12(9-7-11)20-21-17(25)14-10-15(16(19)24)23(22-14)13-4-2-1-3-5-13/h1-9,15,20H,10H2,(H2,19,24)(H,21,25). The summed E-state index contributed by atoms with van der Waals surface area (Å²) < 4.78 is 12.9. The molecule has 1 aliphatic rings. The van der Waals surface area contributed by atoms with Gasteiger partial charge < -0.3 is 5.73 Å². The maximum absolute atomic E-state index is 12.9. The Bertz CT molecular complexity index is 808. The lowest BCUT2D eigenvalue weighted by Gasteiger charge is -2.20. The predicted octanol–water partition coefficient (Wildman–Crippen LogP) is 1.39. The smallest absolute Gasteiger partial charge is 0.285 e. The number of nitrogens with zero attached hydrogens (tertiary/aromatic N) is 2. The van der Waals surface area contributed by atoms with Crippen LogP contribution in [0.4, 0.5) is 15.8 Å². The molecule has 0 radical (unpaired) electrons. The molecule has 128 valence electrons. The van der Waals surface area contributed by atoms with Crippen LogP contribution in [-0.4, -0.2) is 23.6 Å². The lowest BCUT2D eigenvalue weighted by molar-refractivity contribution is -0.119. The van der Waals surface area contributed by atoms with E-state index in [9.17, 15) is 14.0 Å². The Kier molecular flexibility index (Phi) is 4.60. The number of rotatable bonds is 5. The average molecular weight is 341 g/mol. The molecule has 0 aromatic heterocycles. The van der Waals surface area contributed by atoms with Gasteiger partial charge in [-0.05, 0) is 36.4 Å². The van der Waals surface area contributed by atoms with E-state index in [4.69, 9.17) is 5.73 Å². The van der Waals surface area contributed by atoms with Crippen molar-refractivity contribution in [3.63, 3.8) is 0 Å². The summed E-state index contributed by atoms with van der Waals surface area (Å²) in [5, 5.41) is 5.66. The topological polar surface area (TPSA) is 99.8 Å². The molecule has 1 unspecified atom stereocenters. The van der Waals surface area contributed by atoms with E-state index in [0.29, 0.717) is 11.4 Å². The number of nitrogens with one attached hydrogen (secondary N) is 2. The van der Waals surface area contributed by atoms with Crippen molar-refractivity contribution in [2.24, 2.45) is 10.8 Å². The molecule has 4 N–H and O–H groups in total. The van der Waals surface area contributed by atoms with Gasteiger partial charge in [0.15, 0.2) is 0 Å². The number of hydrogen-bond donors (Lipinski definition) is 3. The van der Waals surface area contributed by atoms with Crippen molar-refractivity contribution in [1.29, 1.82) is 0 Å². The third-order valence-corrected chi connectivity index (χ3v) is 3.69. The van der Waals surface area contributed by atoms with Gasteiger partial charge in [0.1, 0.15) is 17.6 Å². The highest BCUT2D eigenvalue weighted by molar-refractivity contribution is 6.40. The molecule has 0 spiro atoms. The van der Waals surface area contributed by atoms with Crippen molar-refractivity contribution in [2.75, 3.05) is 10.4 Å². The molecular weight excluding hydrogens is 325 g/mol. The van der Waals surface area contributed by atoms with Crippen LogP contribution in [0.5, 0.6) is 0 Å². The van der Waals surface area contributed by atoms with Crippen molar-refractivity contribution < 1.29 is 14.0 Å². The molecule has 1 aliphatic heterocycles. The second-order valence-corrected chi connectivity index (χ2v) is 5.44. The molecule has 1 heterocycles. The minimum atomic E-state index is -0.728. The van der Waals surface area contributed by atoms with Gasteiger partial charge in [0.25, 0.3) is 5.91 Å². The molecule has 2 aromatic rings. The summed E-state index contributed by atoms with van der Waals surface area (Å²) in [5.41, 5.74) is 11.9. The van der Waals surface area contributed by atoms with E-state index in [1.165, 1.54) is 29.3 Å². The maximum atomic E-state index is 12.9. The maximum Gasteiger partial charge on any atom is 0.285 e. The Balaban J connectivity index is 1.71. The van der Waals surface area contributed by atoms with Gasteiger partial charge in [0, 0.05) is 6.42 Å². The van der Waals surface area contributed by atoms with E-state index >= 15 is 0 Å². The largest absolute Gasteiger partial charge is 0.368 e. The molecule has 0 saturated carbocycles. The zero-order valence-electron chi connectivity index (χ0n) is 13.1. The SMILES string of the molecule is NC(=O)C1CC(C(=O)NNc2ccc(F)cc2)=NN1c1ccccc1. The number of carbonyl (C=O) groups excluding carboxylic acids is 2. The van der Waals surface area contributed by atoms with Crippen LogP contribution in [0.1, 0.15) is 6.42 Å². The Morgan fingerprint density at radius 1 is 1.12 bits per heavy atom. The highest BCUT2D eigenvalue weighted by atomic mass is 19.1. The van der Waals surface area contributed by atoms with E-state index in [-0.39, 0.29) is 17.9 Å². The van der Waals surface area contributed by atoms with Crippen LogP contribution in [0.25, 0.3) is 0 Å². The van der Waals surface area contributed by atoms with Crippen LogP contribution in [-0.2, 0) is 9.59 Å². The van der Waals surface area contributed by atoms with Crippen molar-refractivity contribution in [3.8, 4) is 0 Å². The van der Waals surface area contributed by atoms with Crippen LogP contribution in [0, 0.1) is 5.82 Å². The molecule has 25 heavy (non-hydrogen) atoms. The molecule has 0 aliphatic carbocycles. The Morgan fingerprint density at radius 3 is 2.44 bits per heavy atom. The summed E-state index contributed by atoms with van der Waals surface area (Å²) in [4.78, 5) is 24.0. The van der Waals surface area contributed by atoms with Crippen LogP contribution in [0.15, 0.2) is 59.7 Å². The number of hydrazone groups is 1. The quantitative estimate of drug-likeness (QED) is 0.716. The van der Waals surface area contributed by atoms with Crippen LogP contribution >= 0.6 is 0 Å². The summed E-state index contributed by atoms with van der Waals surface area (Å²) in [6.45, 7) is 0. The van der Waals surface area contributed by atoms with E-state index < -0.39 is 17.9 Å². The predicted molar refractivity (Wildman–Crippen MR) is 92.1 cm³/mol. The molecule has 3 rings (SSSR count). The number of anilines is 2. The average Bonchev–Trinajstić information content (AvgIpc) is 3.07. The molecular formula is C17H16FN5O2. The summed E-state index contributed by atoms with van der Waals surface area (Å²) in [6.07, 6.45) is 0.0984. The van der Waals surface area contributed by atoms with E-state index in [1.54, 1.807) is 24.3 Å². The first kappa shape index (κ1) is 16.4. The van der Waals surface area contributed by atoms with Gasteiger partial charge in [0.2, 0.25) is 5.91 Å². The normalized spacial score (nSPS) is 16.3. The van der Waals surface area contributed by atoms with Gasteiger partial charge in [-0.3, -0.25) is 25.4 Å². The first-order valence-corrected chi connectivity index (χ1v) is 7.57. The van der Waals surface area contributed by atoms with Crippen molar-refractivity contribution >= 4 is 28.9 Å². The third-order valence-electron chi connectivity index (χ3n) is 3.69. The molecule has 0 bridgehead atoms. The minimum absolute atomic E-state index is 0.0984. The fraction of sp³-hybridized carbons (Fsp3) is 0.118. The van der Waals surface area contributed by atoms with Gasteiger partial charge in [-0.15, -0.1) is 0 Å². The Morgan fingerprint density at radius 2 is 1.80 bits per heavy atom. The highest BCUT2D eigenvalue weighted by Crippen LogP contribution is 2.24. The van der Waals surface area contributed by atoms with E-state index in [1.807, 2.05) is 6.07 Å². The number of hydrogen-bond acceptors (Lipinski definition) is 5. The number of para-hydroxylation sites is 1. The first-order valence-electron chi connectivity index (χ1n) is 7.57. The number of halogens is 1. The van der Waals surface area contributed by atoms with Gasteiger partial charge in [-0.2, -0.15) is 5.10 Å². The van der Waals surface area contributed by atoms with Crippen LogP contribution < -0.4 is 21.6 Å². The lowest BCUT2D eigenvalue weighted by Crippen LogP contribution is -2.40. The summed E-state index contributed by atoms with van der Waals surface area (Å²) >= 11 is 0. The van der Waals surface area contributed by atoms with Crippen molar-refractivity contribution in [1.82, 2.24) is 5.43 Å². The third kappa shape index (κ3) is 3.74. The molecule has 8 heteroatoms. The number of hydrazine groups is 1.